The molecule has 4 rings (SSSR count). The number of aryl methyl sites for hydroxylation is 1. The Labute approximate surface area is 151 Å². The van der Waals surface area contributed by atoms with Crippen LogP contribution in [0.4, 0.5) is 0 Å². The normalized spacial score (nSPS) is 15.2. The average Bonchev–Trinajstić information content (AvgIpc) is 3.10. The second kappa shape index (κ2) is 6.77. The molecule has 0 saturated carbocycles. The highest BCUT2D eigenvalue weighted by atomic mass is 16.5. The van der Waals surface area contributed by atoms with E-state index in [1.165, 1.54) is 0 Å². The van der Waals surface area contributed by atoms with Crippen LogP contribution in [0.2, 0.25) is 0 Å². The van der Waals surface area contributed by atoms with Crippen molar-refractivity contribution in [1.29, 1.82) is 5.26 Å². The molecule has 3 aromatic rings. The summed E-state index contributed by atoms with van der Waals surface area (Å²) >= 11 is 0. The first-order valence-electron chi connectivity index (χ1n) is 8.81. The third-order valence-electron chi connectivity index (χ3n) is 5.01. The smallest absolute Gasteiger partial charge is 0.276 e. The van der Waals surface area contributed by atoms with E-state index in [2.05, 4.69) is 11.1 Å². The van der Waals surface area contributed by atoms with Gasteiger partial charge in [0, 0.05) is 31.0 Å². The van der Waals surface area contributed by atoms with Gasteiger partial charge in [-0.3, -0.25) is 9.20 Å². The van der Waals surface area contributed by atoms with Gasteiger partial charge in [0.2, 0.25) is 0 Å². The molecule has 0 bridgehead atoms. The number of benzene rings is 1. The van der Waals surface area contributed by atoms with E-state index in [1.54, 1.807) is 16.8 Å². The fourth-order valence-corrected chi connectivity index (χ4v) is 3.60. The van der Waals surface area contributed by atoms with Crippen molar-refractivity contribution in [3.63, 3.8) is 0 Å². The van der Waals surface area contributed by atoms with E-state index in [0.29, 0.717) is 23.5 Å². The van der Waals surface area contributed by atoms with Gasteiger partial charge in [-0.05, 0) is 37.5 Å². The van der Waals surface area contributed by atoms with Crippen molar-refractivity contribution in [2.45, 2.75) is 32.2 Å². The van der Waals surface area contributed by atoms with E-state index in [4.69, 9.17) is 10.00 Å². The molecule has 0 amide bonds. The van der Waals surface area contributed by atoms with Crippen molar-refractivity contribution in [3.05, 3.63) is 69.7 Å². The lowest BCUT2D eigenvalue weighted by atomic mass is 10.00. The number of rotatable bonds is 3. The molecule has 0 unspecified atom stereocenters. The Morgan fingerprint density at radius 2 is 2.15 bits per heavy atom. The van der Waals surface area contributed by atoms with Gasteiger partial charge in [-0.1, -0.05) is 12.1 Å². The number of hydrogen-bond donors (Lipinski definition) is 0. The Hall–Kier alpha value is -2.91. The summed E-state index contributed by atoms with van der Waals surface area (Å²) < 4.78 is 9.11. The Balaban J connectivity index is 1.75. The van der Waals surface area contributed by atoms with Gasteiger partial charge in [-0.15, -0.1) is 0 Å². The monoisotopic (exact) mass is 348 g/mol. The Kier molecular flexibility index (Phi) is 4.31. The van der Waals surface area contributed by atoms with Gasteiger partial charge >= 0.3 is 0 Å². The van der Waals surface area contributed by atoms with E-state index in [0.717, 1.165) is 43.1 Å². The maximum Gasteiger partial charge on any atom is 0.276 e. The summed E-state index contributed by atoms with van der Waals surface area (Å²) in [6.45, 7) is 3.85. The maximum absolute atomic E-state index is 13.0. The molecular formula is C20H20N4O2. The lowest BCUT2D eigenvalue weighted by Gasteiger charge is -2.21. The minimum Gasteiger partial charge on any atom is -0.381 e. The third kappa shape index (κ3) is 2.91. The molecule has 0 atom stereocenters. The van der Waals surface area contributed by atoms with Crippen LogP contribution in [-0.4, -0.2) is 27.2 Å². The van der Waals surface area contributed by atoms with Gasteiger partial charge in [0.25, 0.3) is 5.56 Å². The van der Waals surface area contributed by atoms with Gasteiger partial charge < -0.3 is 9.30 Å². The Bertz CT molecular complexity index is 1050. The van der Waals surface area contributed by atoms with Crippen LogP contribution in [0.3, 0.4) is 0 Å². The Morgan fingerprint density at radius 1 is 1.35 bits per heavy atom. The predicted molar refractivity (Wildman–Crippen MR) is 97.2 cm³/mol. The van der Waals surface area contributed by atoms with Crippen molar-refractivity contribution in [2.75, 3.05) is 13.2 Å². The van der Waals surface area contributed by atoms with Crippen LogP contribution in [0, 0.1) is 18.3 Å². The number of imidazole rings is 1. The second-order valence-corrected chi connectivity index (χ2v) is 6.73. The summed E-state index contributed by atoms with van der Waals surface area (Å²) in [5.74, 6) is 1.27. The molecule has 0 spiro atoms. The number of ether oxygens (including phenoxy) is 1. The standard InChI is InChI=1S/C20H20N4O2/c1-14-12-24-18(11-22-19(24)17-5-7-26-8-6-17)20(25)23(14)13-16-4-2-3-15(9-16)10-21/h2-4,9,11-12,17H,5-8,13H2,1H3. The molecule has 2 aromatic heterocycles. The molecule has 0 aliphatic carbocycles. The number of nitrogens with zero attached hydrogens (tertiary/aromatic N) is 4. The van der Waals surface area contributed by atoms with Gasteiger partial charge in [0.05, 0.1) is 24.4 Å². The maximum atomic E-state index is 13.0. The highest BCUT2D eigenvalue weighted by molar-refractivity contribution is 5.45. The first kappa shape index (κ1) is 16.6. The summed E-state index contributed by atoms with van der Waals surface area (Å²) in [6.07, 6.45) is 5.53. The van der Waals surface area contributed by atoms with Crippen LogP contribution in [0.15, 0.2) is 41.5 Å². The molecule has 1 aliphatic rings. The van der Waals surface area contributed by atoms with E-state index >= 15 is 0 Å². The lowest BCUT2D eigenvalue weighted by Crippen LogP contribution is -2.25. The van der Waals surface area contributed by atoms with Crippen LogP contribution in [-0.2, 0) is 11.3 Å². The van der Waals surface area contributed by atoms with Crippen molar-refractivity contribution < 1.29 is 4.74 Å². The average molecular weight is 348 g/mol. The van der Waals surface area contributed by atoms with Gasteiger partial charge in [0.15, 0.2) is 0 Å². The van der Waals surface area contributed by atoms with E-state index < -0.39 is 0 Å². The van der Waals surface area contributed by atoms with E-state index in [9.17, 15) is 4.79 Å². The van der Waals surface area contributed by atoms with Gasteiger partial charge in [0.1, 0.15) is 11.3 Å². The topological polar surface area (TPSA) is 72.3 Å². The van der Waals surface area contributed by atoms with Crippen LogP contribution in [0.5, 0.6) is 0 Å². The fraction of sp³-hybridized carbons (Fsp3) is 0.350. The molecule has 6 nitrogen and oxygen atoms in total. The zero-order chi connectivity index (χ0) is 18.1. The zero-order valence-electron chi connectivity index (χ0n) is 14.7. The summed E-state index contributed by atoms with van der Waals surface area (Å²) in [4.78, 5) is 17.6. The van der Waals surface area contributed by atoms with Crippen molar-refractivity contribution >= 4 is 5.52 Å². The molecule has 6 heteroatoms. The fourth-order valence-electron chi connectivity index (χ4n) is 3.60. The van der Waals surface area contributed by atoms with Gasteiger partial charge in [-0.2, -0.15) is 5.26 Å². The van der Waals surface area contributed by atoms with Crippen molar-refractivity contribution in [3.8, 4) is 6.07 Å². The van der Waals surface area contributed by atoms with E-state index in [-0.39, 0.29) is 5.56 Å². The first-order chi connectivity index (χ1) is 12.7. The number of hydrogen-bond acceptors (Lipinski definition) is 4. The predicted octanol–water partition coefficient (Wildman–Crippen LogP) is 2.62. The highest BCUT2D eigenvalue weighted by Gasteiger charge is 2.22. The van der Waals surface area contributed by atoms with Crippen LogP contribution in [0.25, 0.3) is 5.52 Å². The molecule has 0 N–H and O–H groups in total. The minimum absolute atomic E-state index is 0.0572. The number of aromatic nitrogens is 3. The largest absolute Gasteiger partial charge is 0.381 e. The van der Waals surface area contributed by atoms with Crippen molar-refractivity contribution in [1.82, 2.24) is 14.0 Å². The molecule has 1 saturated heterocycles. The zero-order valence-corrected chi connectivity index (χ0v) is 14.7. The quantitative estimate of drug-likeness (QED) is 0.729. The molecule has 1 fully saturated rings. The molecule has 26 heavy (non-hydrogen) atoms. The van der Waals surface area contributed by atoms with Gasteiger partial charge in [-0.25, -0.2) is 4.98 Å². The van der Waals surface area contributed by atoms with Crippen LogP contribution >= 0.6 is 0 Å². The molecule has 1 aliphatic heterocycles. The van der Waals surface area contributed by atoms with Crippen molar-refractivity contribution in [2.24, 2.45) is 0 Å². The SMILES string of the molecule is Cc1cn2c(C3CCOCC3)ncc2c(=O)n1Cc1cccc(C#N)c1. The van der Waals surface area contributed by atoms with Crippen LogP contribution < -0.4 is 5.56 Å². The third-order valence-corrected chi connectivity index (χ3v) is 5.01. The van der Waals surface area contributed by atoms with Crippen LogP contribution in [0.1, 0.15) is 41.4 Å². The summed E-state index contributed by atoms with van der Waals surface area (Å²) in [7, 11) is 0. The highest BCUT2D eigenvalue weighted by Crippen LogP contribution is 2.26. The summed E-state index contributed by atoms with van der Waals surface area (Å²) in [5, 5.41) is 9.07. The molecule has 0 radical (unpaired) electrons. The molecule has 1 aromatic carbocycles. The summed E-state index contributed by atoms with van der Waals surface area (Å²) in [5.41, 5.74) is 2.94. The molecule has 3 heterocycles. The number of nitriles is 1. The second-order valence-electron chi connectivity index (χ2n) is 6.73. The lowest BCUT2D eigenvalue weighted by molar-refractivity contribution is 0.0835. The molecule has 132 valence electrons. The minimum atomic E-state index is -0.0572. The Morgan fingerprint density at radius 3 is 2.92 bits per heavy atom. The molecular weight excluding hydrogens is 328 g/mol. The first-order valence-corrected chi connectivity index (χ1v) is 8.81. The van der Waals surface area contributed by atoms with E-state index in [1.807, 2.05) is 35.7 Å². The summed E-state index contributed by atoms with van der Waals surface area (Å²) in [6, 6.07) is 9.50. The number of fused-ring (bicyclic) bond motifs is 1.